The van der Waals surface area contributed by atoms with Gasteiger partial charge in [-0.25, -0.2) is 4.98 Å². The fraction of sp³-hybridized carbons (Fsp3) is 0.300. The van der Waals surface area contributed by atoms with Crippen LogP contribution in [0.3, 0.4) is 0 Å². The Hall–Kier alpha value is -2.82. The number of fused-ring (bicyclic) bond motifs is 2. The van der Waals surface area contributed by atoms with Crippen LogP contribution in [-0.2, 0) is 17.6 Å². The first-order valence-electron chi connectivity index (χ1n) is 8.63. The summed E-state index contributed by atoms with van der Waals surface area (Å²) in [5, 5.41) is 3.01. The van der Waals surface area contributed by atoms with E-state index in [1.807, 2.05) is 30.3 Å². The average molecular weight is 335 g/mol. The quantitative estimate of drug-likeness (QED) is 0.770. The van der Waals surface area contributed by atoms with Crippen LogP contribution in [-0.4, -0.2) is 29.0 Å². The summed E-state index contributed by atoms with van der Waals surface area (Å²) in [7, 11) is 0. The van der Waals surface area contributed by atoms with E-state index >= 15 is 0 Å². The number of nitrogens with zero attached hydrogens (tertiary/aromatic N) is 1. The normalized spacial score (nSPS) is 16.3. The highest BCUT2D eigenvalue weighted by Crippen LogP contribution is 2.26. The van der Waals surface area contributed by atoms with Gasteiger partial charge in [-0.15, -0.1) is 0 Å². The molecule has 1 aromatic heterocycles. The van der Waals surface area contributed by atoms with Crippen molar-refractivity contribution in [3.05, 3.63) is 59.4 Å². The first-order valence-corrected chi connectivity index (χ1v) is 8.63. The lowest BCUT2D eigenvalue weighted by molar-refractivity contribution is -0.126. The second-order valence-electron chi connectivity index (χ2n) is 6.56. The van der Waals surface area contributed by atoms with E-state index in [9.17, 15) is 4.79 Å². The molecule has 0 spiro atoms. The highest BCUT2D eigenvalue weighted by molar-refractivity contribution is 5.79. The van der Waals surface area contributed by atoms with Crippen LogP contribution in [0.25, 0.3) is 11.0 Å². The van der Waals surface area contributed by atoms with Gasteiger partial charge in [-0.05, 0) is 42.7 Å². The van der Waals surface area contributed by atoms with Crippen LogP contribution in [0.4, 0.5) is 0 Å². The van der Waals surface area contributed by atoms with E-state index in [0.717, 1.165) is 34.6 Å². The van der Waals surface area contributed by atoms with Gasteiger partial charge in [0.1, 0.15) is 18.2 Å². The van der Waals surface area contributed by atoms with Gasteiger partial charge in [0, 0.05) is 13.0 Å². The SMILES string of the molecule is Cc1ccc2nc(CCNC(=O)[C@H]3COc4ccccc4C3)[nH]c2c1. The molecule has 1 atom stereocenters. The van der Waals surface area contributed by atoms with Gasteiger partial charge in [-0.2, -0.15) is 0 Å². The molecule has 0 radical (unpaired) electrons. The number of para-hydroxylation sites is 1. The molecule has 5 nitrogen and oxygen atoms in total. The number of benzene rings is 2. The van der Waals surface area contributed by atoms with Gasteiger partial charge in [-0.3, -0.25) is 4.79 Å². The third-order valence-electron chi connectivity index (χ3n) is 4.60. The molecule has 3 aromatic rings. The third-order valence-corrected chi connectivity index (χ3v) is 4.60. The highest BCUT2D eigenvalue weighted by atomic mass is 16.5. The molecule has 1 aliphatic rings. The molecule has 2 aromatic carbocycles. The number of hydrogen-bond acceptors (Lipinski definition) is 3. The summed E-state index contributed by atoms with van der Waals surface area (Å²) in [6, 6.07) is 14.1. The van der Waals surface area contributed by atoms with Crippen molar-refractivity contribution in [3.8, 4) is 5.75 Å². The number of aromatic amines is 1. The second-order valence-corrected chi connectivity index (χ2v) is 6.56. The van der Waals surface area contributed by atoms with Gasteiger partial charge in [-0.1, -0.05) is 24.3 Å². The molecule has 1 amide bonds. The van der Waals surface area contributed by atoms with Crippen molar-refractivity contribution in [1.82, 2.24) is 15.3 Å². The number of H-pyrrole nitrogens is 1. The number of nitrogens with one attached hydrogen (secondary N) is 2. The zero-order chi connectivity index (χ0) is 17.2. The topological polar surface area (TPSA) is 67.0 Å². The molecule has 25 heavy (non-hydrogen) atoms. The summed E-state index contributed by atoms with van der Waals surface area (Å²) in [6.07, 6.45) is 1.41. The maximum atomic E-state index is 12.4. The van der Waals surface area contributed by atoms with Crippen molar-refractivity contribution in [3.63, 3.8) is 0 Å². The van der Waals surface area contributed by atoms with Crippen LogP contribution in [0, 0.1) is 12.8 Å². The fourth-order valence-corrected chi connectivity index (χ4v) is 3.24. The lowest BCUT2D eigenvalue weighted by atomic mass is 9.96. The molecule has 128 valence electrons. The van der Waals surface area contributed by atoms with Gasteiger partial charge in [0.05, 0.1) is 17.0 Å². The number of ether oxygens (including phenoxy) is 1. The van der Waals surface area contributed by atoms with Gasteiger partial charge in [0.15, 0.2) is 0 Å². The van der Waals surface area contributed by atoms with Gasteiger partial charge >= 0.3 is 0 Å². The Morgan fingerprint density at radius 3 is 3.12 bits per heavy atom. The van der Waals surface area contributed by atoms with Crippen LogP contribution < -0.4 is 10.1 Å². The maximum absolute atomic E-state index is 12.4. The van der Waals surface area contributed by atoms with E-state index in [1.54, 1.807) is 0 Å². The van der Waals surface area contributed by atoms with Crippen LogP contribution in [0.2, 0.25) is 0 Å². The van der Waals surface area contributed by atoms with E-state index in [1.165, 1.54) is 5.56 Å². The summed E-state index contributed by atoms with van der Waals surface area (Å²) in [4.78, 5) is 20.3. The molecule has 0 bridgehead atoms. The minimum atomic E-state index is -0.131. The molecular formula is C20H21N3O2. The minimum absolute atomic E-state index is 0.0430. The van der Waals surface area contributed by atoms with Crippen molar-refractivity contribution in [1.29, 1.82) is 0 Å². The number of carbonyl (C=O) groups is 1. The number of imidazole rings is 1. The molecular weight excluding hydrogens is 314 g/mol. The number of hydrogen-bond donors (Lipinski definition) is 2. The summed E-state index contributed by atoms with van der Waals surface area (Å²) in [5.41, 5.74) is 4.30. The second kappa shape index (κ2) is 6.59. The molecule has 0 unspecified atom stereocenters. The van der Waals surface area contributed by atoms with Crippen LogP contribution in [0.5, 0.6) is 5.75 Å². The number of carbonyl (C=O) groups excluding carboxylic acids is 1. The number of aryl methyl sites for hydroxylation is 1. The van der Waals surface area contributed by atoms with Crippen molar-refractivity contribution in [2.45, 2.75) is 19.8 Å². The Kier molecular flexibility index (Phi) is 4.14. The molecule has 0 aliphatic carbocycles. The zero-order valence-electron chi connectivity index (χ0n) is 14.2. The largest absolute Gasteiger partial charge is 0.492 e. The van der Waals surface area contributed by atoms with E-state index in [4.69, 9.17) is 4.74 Å². The Morgan fingerprint density at radius 2 is 2.20 bits per heavy atom. The lowest BCUT2D eigenvalue weighted by Gasteiger charge is -2.24. The van der Waals surface area contributed by atoms with Gasteiger partial charge in [0.2, 0.25) is 5.91 Å². The van der Waals surface area contributed by atoms with Crippen molar-refractivity contribution >= 4 is 16.9 Å². The Morgan fingerprint density at radius 1 is 1.32 bits per heavy atom. The Balaban J connectivity index is 1.33. The van der Waals surface area contributed by atoms with E-state index in [0.29, 0.717) is 19.6 Å². The predicted molar refractivity (Wildman–Crippen MR) is 96.7 cm³/mol. The fourth-order valence-electron chi connectivity index (χ4n) is 3.24. The molecule has 2 heterocycles. The summed E-state index contributed by atoms with van der Waals surface area (Å²) >= 11 is 0. The number of amides is 1. The average Bonchev–Trinajstić information content (AvgIpc) is 3.03. The smallest absolute Gasteiger partial charge is 0.226 e. The van der Waals surface area contributed by atoms with Crippen molar-refractivity contribution < 1.29 is 9.53 Å². The molecule has 1 aliphatic heterocycles. The monoisotopic (exact) mass is 335 g/mol. The summed E-state index contributed by atoms with van der Waals surface area (Å²) in [6.45, 7) is 3.06. The van der Waals surface area contributed by atoms with Crippen LogP contribution in [0.1, 0.15) is 17.0 Å². The van der Waals surface area contributed by atoms with E-state index < -0.39 is 0 Å². The molecule has 0 saturated heterocycles. The summed E-state index contributed by atoms with van der Waals surface area (Å²) < 4.78 is 5.69. The maximum Gasteiger partial charge on any atom is 0.226 e. The van der Waals surface area contributed by atoms with Crippen LogP contribution in [0.15, 0.2) is 42.5 Å². The van der Waals surface area contributed by atoms with E-state index in [-0.39, 0.29) is 11.8 Å². The predicted octanol–water partition coefficient (Wildman–Crippen LogP) is 2.78. The highest BCUT2D eigenvalue weighted by Gasteiger charge is 2.25. The molecule has 0 saturated carbocycles. The minimum Gasteiger partial charge on any atom is -0.492 e. The van der Waals surface area contributed by atoms with Crippen LogP contribution >= 0.6 is 0 Å². The van der Waals surface area contributed by atoms with Crippen molar-refractivity contribution in [2.24, 2.45) is 5.92 Å². The van der Waals surface area contributed by atoms with Crippen molar-refractivity contribution in [2.75, 3.05) is 13.2 Å². The first kappa shape index (κ1) is 15.7. The van der Waals surface area contributed by atoms with E-state index in [2.05, 4.69) is 34.3 Å². The van der Waals surface area contributed by atoms with Gasteiger partial charge in [0.25, 0.3) is 0 Å². The molecule has 5 heteroatoms. The molecule has 4 rings (SSSR count). The lowest BCUT2D eigenvalue weighted by Crippen LogP contribution is -2.38. The Labute approximate surface area is 146 Å². The number of aromatic nitrogens is 2. The zero-order valence-corrected chi connectivity index (χ0v) is 14.2. The molecule has 2 N–H and O–H groups in total. The van der Waals surface area contributed by atoms with Gasteiger partial charge < -0.3 is 15.0 Å². The Bertz CT molecular complexity index is 916. The number of rotatable bonds is 4. The standard InChI is InChI=1S/C20H21N3O2/c1-13-6-7-16-17(10-13)23-19(22-16)8-9-21-20(24)15-11-14-4-2-3-5-18(14)25-12-15/h2-7,10,15H,8-9,11-12H2,1H3,(H,21,24)(H,22,23)/t15-/m1/s1. The third kappa shape index (κ3) is 3.36. The first-order chi connectivity index (χ1) is 12.2. The summed E-state index contributed by atoms with van der Waals surface area (Å²) in [5.74, 6) is 1.70. The molecule has 0 fully saturated rings.